The molecular weight excluding hydrogens is 318 g/mol. The van der Waals surface area contributed by atoms with Crippen LogP contribution in [-0.2, 0) is 14.9 Å². The number of piperidine rings is 1. The Balaban J connectivity index is 0.00000176. The molecule has 3 rings (SSSR count). The van der Waals surface area contributed by atoms with Gasteiger partial charge in [-0.15, -0.1) is 12.4 Å². The first-order chi connectivity index (χ1) is 10.1. The predicted molar refractivity (Wildman–Crippen MR) is 92.4 cm³/mol. The minimum Gasteiger partial charge on any atom is -0.414 e. The van der Waals surface area contributed by atoms with E-state index in [2.05, 4.69) is 23.9 Å². The van der Waals surface area contributed by atoms with E-state index in [-0.39, 0.29) is 23.8 Å². The summed E-state index contributed by atoms with van der Waals surface area (Å²) >= 11 is 1.68. The second-order valence-electron chi connectivity index (χ2n) is 6.99. The molecule has 0 unspecified atom stereocenters. The van der Waals surface area contributed by atoms with Crippen LogP contribution in [0, 0.1) is 0 Å². The molecule has 0 amide bonds. The average molecular weight is 345 g/mol. The number of carbonyl (C=O) groups excluding carboxylic acids is 1. The van der Waals surface area contributed by atoms with Crippen molar-refractivity contribution in [3.8, 4) is 0 Å². The highest BCUT2D eigenvalue weighted by atomic mass is 35.5. The second-order valence-corrected chi connectivity index (χ2v) is 7.77. The summed E-state index contributed by atoms with van der Waals surface area (Å²) in [5.41, 5.74) is 0.825. The van der Waals surface area contributed by atoms with E-state index in [0.29, 0.717) is 6.73 Å². The number of hydrogen-bond acceptors (Lipinski definition) is 3. The molecular formula is C17H27ClNO2S+. The monoisotopic (exact) mass is 344 g/mol. The van der Waals surface area contributed by atoms with E-state index in [1.165, 1.54) is 24.8 Å². The SMILES string of the molecule is C[N+]1(COC(=O)C2(c3ccsc3)CCCC2)CCCCC1.Cl. The largest absolute Gasteiger partial charge is 0.414 e. The summed E-state index contributed by atoms with van der Waals surface area (Å²) in [5.74, 6) is 0.0170. The van der Waals surface area contributed by atoms with Gasteiger partial charge in [-0.25, -0.2) is 0 Å². The average Bonchev–Trinajstić information content (AvgIpc) is 3.17. The lowest BCUT2D eigenvalue weighted by Crippen LogP contribution is -2.51. The van der Waals surface area contributed by atoms with Gasteiger partial charge in [-0.2, -0.15) is 11.3 Å². The zero-order valence-corrected chi connectivity index (χ0v) is 15.0. The fraction of sp³-hybridized carbons (Fsp3) is 0.706. The van der Waals surface area contributed by atoms with Gasteiger partial charge < -0.3 is 4.74 Å². The molecule has 0 N–H and O–H groups in total. The van der Waals surface area contributed by atoms with Gasteiger partial charge in [0.05, 0.1) is 25.6 Å². The minimum absolute atomic E-state index is 0. The van der Waals surface area contributed by atoms with Crippen LogP contribution in [0.2, 0.25) is 0 Å². The van der Waals surface area contributed by atoms with Crippen LogP contribution in [0.4, 0.5) is 0 Å². The Kier molecular flexibility index (Phi) is 5.92. The molecule has 1 aromatic rings. The smallest absolute Gasteiger partial charge is 0.320 e. The summed E-state index contributed by atoms with van der Waals surface area (Å²) in [7, 11) is 2.22. The van der Waals surface area contributed by atoms with Gasteiger partial charge in [-0.05, 0) is 54.5 Å². The standard InChI is InChI=1S/C17H26NO2S.ClH/c1-18(10-5-2-6-11-18)14-20-16(19)17(8-3-4-9-17)15-7-12-21-13-15;/h7,12-13H,2-6,8-11,14H2,1H3;1H/q+1;. The van der Waals surface area contributed by atoms with Crippen LogP contribution < -0.4 is 0 Å². The maximum Gasteiger partial charge on any atom is 0.320 e. The van der Waals surface area contributed by atoms with Crippen molar-refractivity contribution in [3.63, 3.8) is 0 Å². The van der Waals surface area contributed by atoms with Crippen LogP contribution in [-0.4, -0.2) is 37.3 Å². The van der Waals surface area contributed by atoms with Crippen molar-refractivity contribution in [3.05, 3.63) is 22.4 Å². The van der Waals surface area contributed by atoms with Crippen LogP contribution in [0.3, 0.4) is 0 Å². The Labute approximate surface area is 143 Å². The van der Waals surface area contributed by atoms with Crippen LogP contribution >= 0.6 is 23.7 Å². The maximum atomic E-state index is 12.8. The third-order valence-corrected chi connectivity index (χ3v) is 6.01. The molecule has 3 nitrogen and oxygen atoms in total. The van der Waals surface area contributed by atoms with Gasteiger partial charge in [-0.3, -0.25) is 9.28 Å². The molecule has 0 atom stereocenters. The van der Waals surface area contributed by atoms with Crippen molar-refractivity contribution in [2.24, 2.45) is 0 Å². The summed E-state index contributed by atoms with van der Waals surface area (Å²) in [6, 6.07) is 2.11. The molecule has 1 aromatic heterocycles. The van der Waals surface area contributed by atoms with Crippen LogP contribution in [0.15, 0.2) is 16.8 Å². The highest BCUT2D eigenvalue weighted by molar-refractivity contribution is 7.08. The van der Waals surface area contributed by atoms with Gasteiger partial charge in [0.1, 0.15) is 0 Å². The van der Waals surface area contributed by atoms with E-state index >= 15 is 0 Å². The van der Waals surface area contributed by atoms with Crippen molar-refractivity contribution in [2.45, 2.75) is 50.4 Å². The summed E-state index contributed by atoms with van der Waals surface area (Å²) in [6.45, 7) is 2.82. The first-order valence-corrected chi connectivity index (χ1v) is 9.12. The number of quaternary nitrogens is 1. The van der Waals surface area contributed by atoms with Gasteiger partial charge in [0, 0.05) is 0 Å². The molecule has 2 fully saturated rings. The maximum absolute atomic E-state index is 12.8. The van der Waals surface area contributed by atoms with Gasteiger partial charge in [0.15, 0.2) is 0 Å². The molecule has 0 aromatic carbocycles. The highest BCUT2D eigenvalue weighted by Crippen LogP contribution is 2.43. The quantitative estimate of drug-likeness (QED) is 0.607. The van der Waals surface area contributed by atoms with Crippen LogP contribution in [0.1, 0.15) is 50.5 Å². The van der Waals surface area contributed by atoms with Gasteiger partial charge >= 0.3 is 5.97 Å². The number of carbonyl (C=O) groups is 1. The van der Waals surface area contributed by atoms with Crippen molar-refractivity contribution in [1.29, 1.82) is 0 Å². The molecule has 0 bridgehead atoms. The molecule has 2 aliphatic rings. The molecule has 0 spiro atoms. The number of hydrogen-bond donors (Lipinski definition) is 0. The number of esters is 1. The van der Waals surface area contributed by atoms with Crippen molar-refractivity contribution in [1.82, 2.24) is 0 Å². The first-order valence-electron chi connectivity index (χ1n) is 8.18. The molecule has 1 aliphatic heterocycles. The molecule has 2 heterocycles. The van der Waals surface area contributed by atoms with E-state index < -0.39 is 0 Å². The van der Waals surface area contributed by atoms with E-state index in [9.17, 15) is 4.79 Å². The van der Waals surface area contributed by atoms with Crippen LogP contribution in [0.5, 0.6) is 0 Å². The van der Waals surface area contributed by atoms with E-state index in [1.807, 2.05) is 0 Å². The summed E-state index contributed by atoms with van der Waals surface area (Å²) in [4.78, 5) is 12.8. The van der Waals surface area contributed by atoms with Crippen molar-refractivity contribution in [2.75, 3.05) is 26.9 Å². The lowest BCUT2D eigenvalue weighted by molar-refractivity contribution is -0.930. The number of ether oxygens (including phenoxy) is 1. The van der Waals surface area contributed by atoms with Crippen molar-refractivity contribution < 1.29 is 14.0 Å². The predicted octanol–water partition coefficient (Wildman–Crippen LogP) is 4.11. The number of rotatable bonds is 4. The summed E-state index contributed by atoms with van der Waals surface area (Å²) in [6.07, 6.45) is 8.00. The van der Waals surface area contributed by atoms with Crippen LogP contribution in [0.25, 0.3) is 0 Å². The van der Waals surface area contributed by atoms with Crippen molar-refractivity contribution >= 4 is 29.7 Å². The van der Waals surface area contributed by atoms with E-state index in [1.54, 1.807) is 11.3 Å². The van der Waals surface area contributed by atoms with E-state index in [4.69, 9.17) is 4.74 Å². The van der Waals surface area contributed by atoms with Gasteiger partial charge in [0.2, 0.25) is 6.73 Å². The Morgan fingerprint density at radius 1 is 1.23 bits per heavy atom. The third kappa shape index (κ3) is 3.50. The molecule has 1 aliphatic carbocycles. The zero-order valence-electron chi connectivity index (χ0n) is 13.4. The Hall–Kier alpha value is -0.580. The molecule has 22 heavy (non-hydrogen) atoms. The van der Waals surface area contributed by atoms with Gasteiger partial charge in [0.25, 0.3) is 0 Å². The first kappa shape index (κ1) is 17.8. The topological polar surface area (TPSA) is 26.3 Å². The Morgan fingerprint density at radius 2 is 1.91 bits per heavy atom. The summed E-state index contributed by atoms with van der Waals surface area (Å²) < 4.78 is 6.73. The fourth-order valence-electron chi connectivity index (χ4n) is 3.88. The number of nitrogens with zero attached hydrogens (tertiary/aromatic N) is 1. The number of halogens is 1. The molecule has 0 radical (unpaired) electrons. The third-order valence-electron chi connectivity index (χ3n) is 5.32. The lowest BCUT2D eigenvalue weighted by Gasteiger charge is -2.37. The fourth-order valence-corrected chi connectivity index (χ4v) is 4.64. The second kappa shape index (κ2) is 7.33. The van der Waals surface area contributed by atoms with Gasteiger partial charge in [-0.1, -0.05) is 12.8 Å². The minimum atomic E-state index is -0.352. The lowest BCUT2D eigenvalue weighted by atomic mass is 9.80. The number of likely N-dealkylation sites (tertiary alicyclic amines) is 1. The molecule has 5 heteroatoms. The Morgan fingerprint density at radius 3 is 2.50 bits per heavy atom. The molecule has 124 valence electrons. The highest BCUT2D eigenvalue weighted by Gasteiger charge is 2.45. The molecule has 1 saturated heterocycles. The summed E-state index contributed by atoms with van der Waals surface area (Å²) in [5, 5.41) is 4.20. The van der Waals surface area contributed by atoms with E-state index in [0.717, 1.165) is 43.3 Å². The number of thiophene rings is 1. The molecule has 1 saturated carbocycles. The normalized spacial score (nSPS) is 22.8. The zero-order chi connectivity index (χ0) is 14.8. The Bertz CT molecular complexity index is 477.